The molecular weight excluding hydrogens is 229 g/mol. The van der Waals surface area contributed by atoms with Gasteiger partial charge in [-0.2, -0.15) is 13.2 Å². The molecule has 0 radical (unpaired) electrons. The van der Waals surface area contributed by atoms with Crippen molar-refractivity contribution in [2.24, 2.45) is 0 Å². The molecule has 0 unspecified atom stereocenters. The van der Waals surface area contributed by atoms with Crippen molar-refractivity contribution in [1.82, 2.24) is 0 Å². The van der Waals surface area contributed by atoms with Crippen molar-refractivity contribution in [2.75, 3.05) is 11.4 Å². The average Bonchev–Trinajstić information content (AvgIpc) is 2.29. The van der Waals surface area contributed by atoms with Crippen LogP contribution in [0, 0.1) is 5.41 Å². The summed E-state index contributed by atoms with van der Waals surface area (Å²) in [5.41, 5.74) is -0.196. The summed E-state index contributed by atoms with van der Waals surface area (Å²) in [6.07, 6.45) is -1.84. The SMILES string of the molecule is N=C1CCCCN1c1cccc(C(F)(F)F)c1. The van der Waals surface area contributed by atoms with Gasteiger partial charge in [-0.15, -0.1) is 0 Å². The van der Waals surface area contributed by atoms with E-state index in [0.29, 0.717) is 24.5 Å². The summed E-state index contributed by atoms with van der Waals surface area (Å²) in [4.78, 5) is 1.65. The van der Waals surface area contributed by atoms with Gasteiger partial charge in [-0.25, -0.2) is 0 Å². The molecule has 1 aliphatic rings. The van der Waals surface area contributed by atoms with E-state index < -0.39 is 11.7 Å². The Balaban J connectivity index is 2.29. The van der Waals surface area contributed by atoms with Gasteiger partial charge in [0.15, 0.2) is 0 Å². The topological polar surface area (TPSA) is 27.1 Å². The minimum atomic E-state index is -4.33. The van der Waals surface area contributed by atoms with Crippen molar-refractivity contribution >= 4 is 11.5 Å². The molecule has 0 amide bonds. The summed E-state index contributed by atoms with van der Waals surface area (Å²) in [6.45, 7) is 0.625. The number of anilines is 1. The number of rotatable bonds is 1. The molecule has 92 valence electrons. The highest BCUT2D eigenvalue weighted by atomic mass is 19.4. The fourth-order valence-corrected chi connectivity index (χ4v) is 1.97. The lowest BCUT2D eigenvalue weighted by Crippen LogP contribution is -2.34. The van der Waals surface area contributed by atoms with Crippen molar-refractivity contribution in [3.05, 3.63) is 29.8 Å². The first kappa shape index (κ1) is 12.0. The van der Waals surface area contributed by atoms with E-state index in [2.05, 4.69) is 0 Å². The van der Waals surface area contributed by atoms with E-state index in [1.54, 1.807) is 11.0 Å². The lowest BCUT2D eigenvalue weighted by molar-refractivity contribution is -0.137. The van der Waals surface area contributed by atoms with Gasteiger partial charge < -0.3 is 4.90 Å². The second kappa shape index (κ2) is 4.39. The Morgan fingerprint density at radius 1 is 1.18 bits per heavy atom. The third-order valence-electron chi connectivity index (χ3n) is 2.86. The monoisotopic (exact) mass is 242 g/mol. The number of piperidine rings is 1. The quantitative estimate of drug-likeness (QED) is 0.799. The Bertz CT molecular complexity index is 426. The van der Waals surface area contributed by atoms with Gasteiger partial charge in [-0.05, 0) is 31.0 Å². The Kier molecular flexibility index (Phi) is 3.09. The van der Waals surface area contributed by atoms with E-state index in [0.717, 1.165) is 25.0 Å². The van der Waals surface area contributed by atoms with Crippen LogP contribution in [0.5, 0.6) is 0 Å². The van der Waals surface area contributed by atoms with Crippen molar-refractivity contribution in [3.63, 3.8) is 0 Å². The van der Waals surface area contributed by atoms with Crippen LogP contribution in [0.2, 0.25) is 0 Å². The van der Waals surface area contributed by atoms with Crippen LogP contribution in [-0.2, 0) is 6.18 Å². The number of nitrogens with one attached hydrogen (secondary N) is 1. The number of amidine groups is 1. The van der Waals surface area contributed by atoms with Crippen molar-refractivity contribution in [1.29, 1.82) is 5.41 Å². The zero-order valence-electron chi connectivity index (χ0n) is 9.22. The van der Waals surface area contributed by atoms with Crippen LogP contribution < -0.4 is 4.90 Å². The normalized spacial score (nSPS) is 17.4. The zero-order chi connectivity index (χ0) is 12.5. The van der Waals surface area contributed by atoms with Crippen LogP contribution in [0.25, 0.3) is 0 Å². The molecule has 1 aliphatic heterocycles. The molecule has 17 heavy (non-hydrogen) atoms. The summed E-state index contributed by atoms with van der Waals surface area (Å²) in [6, 6.07) is 5.17. The predicted molar refractivity (Wildman–Crippen MR) is 60.4 cm³/mol. The molecule has 1 heterocycles. The van der Waals surface area contributed by atoms with Gasteiger partial charge in [0.1, 0.15) is 5.84 Å². The van der Waals surface area contributed by atoms with Gasteiger partial charge in [0.25, 0.3) is 0 Å². The van der Waals surface area contributed by atoms with Crippen molar-refractivity contribution < 1.29 is 13.2 Å². The van der Waals surface area contributed by atoms with Crippen LogP contribution in [0.3, 0.4) is 0 Å². The molecule has 1 fully saturated rings. The molecule has 1 aromatic carbocycles. The molecule has 1 saturated heterocycles. The van der Waals surface area contributed by atoms with Gasteiger partial charge in [0, 0.05) is 18.7 Å². The van der Waals surface area contributed by atoms with E-state index in [1.165, 1.54) is 6.07 Å². The maximum atomic E-state index is 12.6. The second-order valence-electron chi connectivity index (χ2n) is 4.10. The molecule has 0 aliphatic carbocycles. The highest BCUT2D eigenvalue weighted by molar-refractivity contribution is 5.96. The first-order chi connectivity index (χ1) is 7.98. The summed E-state index contributed by atoms with van der Waals surface area (Å²) < 4.78 is 37.7. The molecule has 0 saturated carbocycles. The summed E-state index contributed by atoms with van der Waals surface area (Å²) in [7, 11) is 0. The van der Waals surface area contributed by atoms with Crippen LogP contribution in [-0.4, -0.2) is 12.4 Å². The Morgan fingerprint density at radius 2 is 1.94 bits per heavy atom. The molecule has 0 spiro atoms. The first-order valence-corrected chi connectivity index (χ1v) is 5.51. The fraction of sp³-hybridized carbons (Fsp3) is 0.417. The molecule has 1 aromatic rings. The van der Waals surface area contributed by atoms with E-state index in [1.807, 2.05) is 0 Å². The number of benzene rings is 1. The Hall–Kier alpha value is -1.52. The third kappa shape index (κ3) is 2.60. The van der Waals surface area contributed by atoms with E-state index in [-0.39, 0.29) is 0 Å². The lowest BCUT2D eigenvalue weighted by atomic mass is 10.1. The van der Waals surface area contributed by atoms with Crippen LogP contribution in [0.15, 0.2) is 24.3 Å². The molecule has 0 atom stereocenters. The van der Waals surface area contributed by atoms with E-state index in [4.69, 9.17) is 5.41 Å². The number of nitrogens with zero attached hydrogens (tertiary/aromatic N) is 1. The summed E-state index contributed by atoms with van der Waals surface area (Å²) >= 11 is 0. The van der Waals surface area contributed by atoms with Crippen molar-refractivity contribution in [3.8, 4) is 0 Å². The standard InChI is InChI=1S/C12H13F3N2/c13-12(14,15)9-4-3-5-10(8-9)17-7-2-1-6-11(17)16/h3-5,8,16H,1-2,6-7H2. The molecule has 2 rings (SSSR count). The van der Waals surface area contributed by atoms with E-state index >= 15 is 0 Å². The molecule has 5 heteroatoms. The van der Waals surface area contributed by atoms with Crippen LogP contribution in [0.4, 0.5) is 18.9 Å². The Labute approximate surface area is 97.6 Å². The van der Waals surface area contributed by atoms with E-state index in [9.17, 15) is 13.2 Å². The van der Waals surface area contributed by atoms with Crippen LogP contribution >= 0.6 is 0 Å². The van der Waals surface area contributed by atoms with Gasteiger partial charge in [-0.3, -0.25) is 5.41 Å². The van der Waals surface area contributed by atoms with Gasteiger partial charge in [0.05, 0.1) is 5.56 Å². The molecule has 0 aromatic heterocycles. The summed E-state index contributed by atoms with van der Waals surface area (Å²) in [5.74, 6) is 0.399. The average molecular weight is 242 g/mol. The predicted octanol–water partition coefficient (Wildman–Crippen LogP) is 3.67. The maximum absolute atomic E-state index is 12.6. The molecule has 0 bridgehead atoms. The highest BCUT2D eigenvalue weighted by Crippen LogP contribution is 2.32. The molecule has 2 nitrogen and oxygen atoms in total. The minimum Gasteiger partial charge on any atom is -0.330 e. The molecular formula is C12H13F3N2. The first-order valence-electron chi connectivity index (χ1n) is 5.51. The summed E-state index contributed by atoms with van der Waals surface area (Å²) in [5, 5.41) is 7.75. The zero-order valence-corrected chi connectivity index (χ0v) is 9.22. The number of alkyl halides is 3. The van der Waals surface area contributed by atoms with Gasteiger partial charge >= 0.3 is 6.18 Å². The Morgan fingerprint density at radius 3 is 2.59 bits per heavy atom. The van der Waals surface area contributed by atoms with Gasteiger partial charge in [-0.1, -0.05) is 6.07 Å². The lowest BCUT2D eigenvalue weighted by Gasteiger charge is -2.29. The van der Waals surface area contributed by atoms with Crippen molar-refractivity contribution in [2.45, 2.75) is 25.4 Å². The van der Waals surface area contributed by atoms with Gasteiger partial charge in [0.2, 0.25) is 0 Å². The smallest absolute Gasteiger partial charge is 0.330 e. The number of hydrogen-bond acceptors (Lipinski definition) is 1. The fourth-order valence-electron chi connectivity index (χ4n) is 1.97. The maximum Gasteiger partial charge on any atom is 0.416 e. The second-order valence-corrected chi connectivity index (χ2v) is 4.10. The minimum absolute atomic E-state index is 0.399. The third-order valence-corrected chi connectivity index (χ3v) is 2.86. The largest absolute Gasteiger partial charge is 0.416 e. The van der Waals surface area contributed by atoms with Crippen LogP contribution in [0.1, 0.15) is 24.8 Å². The number of halogens is 3. The highest BCUT2D eigenvalue weighted by Gasteiger charge is 2.31. The molecule has 1 N–H and O–H groups in total. The number of hydrogen-bond donors (Lipinski definition) is 1.